The van der Waals surface area contributed by atoms with Crippen LogP contribution in [0.2, 0.25) is 0 Å². The molecule has 0 aliphatic rings. The van der Waals surface area contributed by atoms with Gasteiger partial charge in [0.25, 0.3) is 5.91 Å². The molecule has 0 saturated heterocycles. The first-order valence-corrected chi connectivity index (χ1v) is 7.25. The summed E-state index contributed by atoms with van der Waals surface area (Å²) in [4.78, 5) is 25.2. The molecule has 1 rings (SSSR count). The van der Waals surface area contributed by atoms with Gasteiger partial charge in [0.05, 0.1) is 20.3 Å². The number of benzene rings is 1. The molecule has 0 bridgehead atoms. The molecule has 1 amide bonds. The van der Waals surface area contributed by atoms with Crippen LogP contribution in [0.1, 0.15) is 15.9 Å². The SMILES string of the molecule is COCCN(CCOC)C(=O)c1ccc(/C=C/C(=O)OC)cc1. The van der Waals surface area contributed by atoms with Crippen LogP contribution in [0.5, 0.6) is 0 Å². The number of hydrogen-bond donors (Lipinski definition) is 0. The molecule has 0 aromatic heterocycles. The van der Waals surface area contributed by atoms with E-state index in [1.54, 1.807) is 49.5 Å². The third-order valence-corrected chi connectivity index (χ3v) is 3.19. The second-order valence-electron chi connectivity index (χ2n) is 4.76. The van der Waals surface area contributed by atoms with Gasteiger partial charge in [0, 0.05) is 38.9 Å². The zero-order valence-electron chi connectivity index (χ0n) is 13.8. The van der Waals surface area contributed by atoms with Gasteiger partial charge in [-0.25, -0.2) is 4.79 Å². The third-order valence-electron chi connectivity index (χ3n) is 3.19. The van der Waals surface area contributed by atoms with Crippen LogP contribution >= 0.6 is 0 Å². The summed E-state index contributed by atoms with van der Waals surface area (Å²) in [6.07, 6.45) is 2.97. The van der Waals surface area contributed by atoms with E-state index in [9.17, 15) is 9.59 Å². The molecule has 0 aliphatic carbocycles. The lowest BCUT2D eigenvalue weighted by molar-refractivity contribution is -0.134. The van der Waals surface area contributed by atoms with Crippen molar-refractivity contribution in [1.29, 1.82) is 0 Å². The minimum atomic E-state index is -0.421. The molecule has 0 atom stereocenters. The molecule has 126 valence electrons. The van der Waals surface area contributed by atoms with Crippen molar-refractivity contribution in [2.75, 3.05) is 47.6 Å². The highest BCUT2D eigenvalue weighted by Gasteiger charge is 2.15. The summed E-state index contributed by atoms with van der Waals surface area (Å²) >= 11 is 0. The Balaban J connectivity index is 2.76. The highest BCUT2D eigenvalue weighted by molar-refractivity contribution is 5.94. The maximum absolute atomic E-state index is 12.5. The average molecular weight is 321 g/mol. The lowest BCUT2D eigenvalue weighted by Gasteiger charge is -2.22. The van der Waals surface area contributed by atoms with Crippen molar-refractivity contribution in [3.63, 3.8) is 0 Å². The first-order valence-electron chi connectivity index (χ1n) is 7.25. The fourth-order valence-corrected chi connectivity index (χ4v) is 1.87. The van der Waals surface area contributed by atoms with Crippen LogP contribution in [0.25, 0.3) is 6.08 Å². The van der Waals surface area contributed by atoms with Gasteiger partial charge in [-0.15, -0.1) is 0 Å². The monoisotopic (exact) mass is 321 g/mol. The van der Waals surface area contributed by atoms with Crippen LogP contribution in [0.3, 0.4) is 0 Å². The molecular weight excluding hydrogens is 298 g/mol. The van der Waals surface area contributed by atoms with E-state index in [4.69, 9.17) is 9.47 Å². The maximum Gasteiger partial charge on any atom is 0.330 e. The topological polar surface area (TPSA) is 65.1 Å². The molecule has 0 unspecified atom stereocenters. The standard InChI is InChI=1S/C17H23NO5/c1-21-12-10-18(11-13-22-2)17(20)15-7-4-14(5-8-15)6-9-16(19)23-3/h4-9H,10-13H2,1-3H3/b9-6+. The molecule has 0 fully saturated rings. The van der Waals surface area contributed by atoms with Gasteiger partial charge in [0.1, 0.15) is 0 Å². The minimum absolute atomic E-state index is 0.0809. The predicted molar refractivity (Wildman–Crippen MR) is 87.1 cm³/mol. The molecule has 1 aromatic carbocycles. The third kappa shape index (κ3) is 6.63. The van der Waals surface area contributed by atoms with Gasteiger partial charge in [0.15, 0.2) is 0 Å². The number of rotatable bonds is 9. The molecule has 0 spiro atoms. The Hall–Kier alpha value is -2.18. The van der Waals surface area contributed by atoms with Crippen LogP contribution in [0.15, 0.2) is 30.3 Å². The number of amides is 1. The molecule has 0 aliphatic heterocycles. The van der Waals surface area contributed by atoms with Gasteiger partial charge in [-0.1, -0.05) is 12.1 Å². The summed E-state index contributed by atoms with van der Waals surface area (Å²) in [5, 5.41) is 0. The van der Waals surface area contributed by atoms with E-state index in [1.165, 1.54) is 13.2 Å². The van der Waals surface area contributed by atoms with E-state index in [0.717, 1.165) is 5.56 Å². The molecular formula is C17H23NO5. The van der Waals surface area contributed by atoms with E-state index >= 15 is 0 Å². The molecule has 0 heterocycles. The molecule has 0 radical (unpaired) electrons. The first-order chi connectivity index (χ1) is 11.1. The Morgan fingerprint density at radius 2 is 1.57 bits per heavy atom. The van der Waals surface area contributed by atoms with Crippen molar-refractivity contribution in [3.05, 3.63) is 41.5 Å². The number of hydrogen-bond acceptors (Lipinski definition) is 5. The lowest BCUT2D eigenvalue weighted by Crippen LogP contribution is -2.36. The molecule has 6 nitrogen and oxygen atoms in total. The van der Waals surface area contributed by atoms with Crippen LogP contribution in [0.4, 0.5) is 0 Å². The van der Waals surface area contributed by atoms with Crippen LogP contribution in [0, 0.1) is 0 Å². The van der Waals surface area contributed by atoms with Gasteiger partial charge in [-0.05, 0) is 23.8 Å². The van der Waals surface area contributed by atoms with E-state index in [0.29, 0.717) is 31.9 Å². The van der Waals surface area contributed by atoms with Crippen molar-refractivity contribution in [2.24, 2.45) is 0 Å². The summed E-state index contributed by atoms with van der Waals surface area (Å²) in [6.45, 7) is 1.94. The fourth-order valence-electron chi connectivity index (χ4n) is 1.87. The van der Waals surface area contributed by atoms with Gasteiger partial charge < -0.3 is 19.1 Å². The van der Waals surface area contributed by atoms with Crippen molar-refractivity contribution in [2.45, 2.75) is 0 Å². The molecule has 0 N–H and O–H groups in total. The summed E-state index contributed by atoms with van der Waals surface area (Å²) in [6, 6.07) is 7.01. The summed E-state index contributed by atoms with van der Waals surface area (Å²) in [5.74, 6) is -0.502. The van der Waals surface area contributed by atoms with E-state index < -0.39 is 5.97 Å². The second-order valence-corrected chi connectivity index (χ2v) is 4.76. The van der Waals surface area contributed by atoms with E-state index in [1.807, 2.05) is 0 Å². The Kier molecular flexibility index (Phi) is 8.64. The van der Waals surface area contributed by atoms with Crippen LogP contribution < -0.4 is 0 Å². The van der Waals surface area contributed by atoms with Gasteiger partial charge in [-0.3, -0.25) is 4.79 Å². The van der Waals surface area contributed by atoms with Crippen molar-refractivity contribution in [1.82, 2.24) is 4.90 Å². The highest BCUT2D eigenvalue weighted by Crippen LogP contribution is 2.09. The lowest BCUT2D eigenvalue weighted by atomic mass is 10.1. The summed E-state index contributed by atoms with van der Waals surface area (Å²) < 4.78 is 14.6. The van der Waals surface area contributed by atoms with Crippen molar-refractivity contribution >= 4 is 18.0 Å². The number of nitrogens with zero attached hydrogens (tertiary/aromatic N) is 1. The second kappa shape index (κ2) is 10.5. The van der Waals surface area contributed by atoms with Crippen LogP contribution in [-0.4, -0.2) is 64.4 Å². The molecule has 23 heavy (non-hydrogen) atoms. The van der Waals surface area contributed by atoms with Gasteiger partial charge in [0.2, 0.25) is 0 Å². The van der Waals surface area contributed by atoms with E-state index in [-0.39, 0.29) is 5.91 Å². The van der Waals surface area contributed by atoms with Crippen molar-refractivity contribution in [3.8, 4) is 0 Å². The van der Waals surface area contributed by atoms with Crippen LogP contribution in [-0.2, 0) is 19.0 Å². The molecule has 0 saturated carbocycles. The number of ether oxygens (including phenoxy) is 3. The zero-order valence-corrected chi connectivity index (χ0v) is 13.8. The van der Waals surface area contributed by atoms with Gasteiger partial charge >= 0.3 is 5.97 Å². The summed E-state index contributed by atoms with van der Waals surface area (Å²) in [5.41, 5.74) is 1.39. The average Bonchev–Trinajstić information content (AvgIpc) is 2.59. The normalized spacial score (nSPS) is 10.7. The largest absolute Gasteiger partial charge is 0.466 e. The first kappa shape index (κ1) is 18.9. The number of methoxy groups -OCH3 is 3. The Bertz CT molecular complexity index is 516. The predicted octanol–water partition coefficient (Wildman–Crippen LogP) is 1.61. The Labute approximate surface area is 136 Å². The zero-order chi connectivity index (χ0) is 17.1. The number of esters is 1. The molecule has 6 heteroatoms. The highest BCUT2D eigenvalue weighted by atomic mass is 16.5. The Morgan fingerprint density at radius 1 is 1.00 bits per heavy atom. The van der Waals surface area contributed by atoms with Crippen molar-refractivity contribution < 1.29 is 23.8 Å². The smallest absolute Gasteiger partial charge is 0.330 e. The summed E-state index contributed by atoms with van der Waals surface area (Å²) in [7, 11) is 4.52. The Morgan fingerprint density at radius 3 is 2.04 bits per heavy atom. The minimum Gasteiger partial charge on any atom is -0.466 e. The maximum atomic E-state index is 12.5. The number of carbonyl (C=O) groups excluding carboxylic acids is 2. The molecule has 1 aromatic rings. The van der Waals surface area contributed by atoms with Gasteiger partial charge in [-0.2, -0.15) is 0 Å². The van der Waals surface area contributed by atoms with E-state index in [2.05, 4.69) is 4.74 Å². The fraction of sp³-hybridized carbons (Fsp3) is 0.412. The number of carbonyl (C=O) groups is 2. The quantitative estimate of drug-likeness (QED) is 0.511.